The van der Waals surface area contributed by atoms with Crippen LogP contribution in [0.1, 0.15) is 113 Å². The zero-order valence-electron chi connectivity index (χ0n) is 25.0. The van der Waals surface area contributed by atoms with Crippen molar-refractivity contribution in [2.24, 2.45) is 39.9 Å². The van der Waals surface area contributed by atoms with E-state index in [-0.39, 0.29) is 35.6 Å². The molecule has 0 aromatic rings. The number of ether oxygens (including phenoxy) is 2. The molecule has 5 heteroatoms. The number of allylic oxidation sites excluding steroid dienone is 4. The van der Waals surface area contributed by atoms with Crippen LogP contribution >= 0.6 is 0 Å². The molecule has 6 atom stereocenters. The van der Waals surface area contributed by atoms with Crippen LogP contribution in [-0.2, 0) is 19.1 Å². The average molecular weight is 529 g/mol. The van der Waals surface area contributed by atoms with Crippen LogP contribution in [0.3, 0.4) is 0 Å². The van der Waals surface area contributed by atoms with Crippen molar-refractivity contribution in [1.82, 2.24) is 0 Å². The minimum absolute atomic E-state index is 0.0294. The van der Waals surface area contributed by atoms with Gasteiger partial charge in [-0.2, -0.15) is 0 Å². The highest BCUT2D eigenvalue weighted by Gasteiger charge is 2.57. The molecule has 1 N–H and O–H groups in total. The van der Waals surface area contributed by atoms with Crippen molar-refractivity contribution in [3.63, 3.8) is 0 Å². The summed E-state index contributed by atoms with van der Waals surface area (Å²) in [6, 6.07) is 0. The summed E-state index contributed by atoms with van der Waals surface area (Å²) < 4.78 is 10.3. The van der Waals surface area contributed by atoms with Gasteiger partial charge >= 0.3 is 11.9 Å². The van der Waals surface area contributed by atoms with E-state index in [9.17, 15) is 14.7 Å². The Kier molecular flexibility index (Phi) is 8.58. The van der Waals surface area contributed by atoms with Gasteiger partial charge in [0.15, 0.2) is 5.92 Å². The van der Waals surface area contributed by atoms with Gasteiger partial charge in [-0.05, 0) is 110 Å². The molecular formula is C33H52O5. The van der Waals surface area contributed by atoms with Crippen LogP contribution in [-0.4, -0.2) is 36.4 Å². The topological polar surface area (TPSA) is 72.8 Å². The molecule has 0 aromatic heterocycles. The molecular weight excluding hydrogens is 476 g/mol. The lowest BCUT2D eigenvalue weighted by Gasteiger charge is -2.59. The largest absolute Gasteiger partial charge is 0.465 e. The van der Waals surface area contributed by atoms with Crippen molar-refractivity contribution in [2.45, 2.75) is 119 Å². The van der Waals surface area contributed by atoms with Gasteiger partial charge in [0, 0.05) is 0 Å². The maximum Gasteiger partial charge on any atom is 0.320 e. The van der Waals surface area contributed by atoms with Crippen molar-refractivity contribution in [3.05, 3.63) is 22.8 Å². The van der Waals surface area contributed by atoms with Gasteiger partial charge in [0.2, 0.25) is 0 Å². The zero-order chi connectivity index (χ0) is 27.9. The number of fused-ring (bicyclic) bond motifs is 4. The van der Waals surface area contributed by atoms with Crippen molar-refractivity contribution < 1.29 is 24.2 Å². The van der Waals surface area contributed by atoms with E-state index in [1.807, 2.05) is 0 Å². The molecule has 0 amide bonds. The smallest absolute Gasteiger partial charge is 0.320 e. The fourth-order valence-corrected chi connectivity index (χ4v) is 9.24. The molecule has 0 bridgehead atoms. The molecule has 38 heavy (non-hydrogen) atoms. The second kappa shape index (κ2) is 11.1. The third kappa shape index (κ3) is 4.90. The van der Waals surface area contributed by atoms with E-state index in [1.54, 1.807) is 30.6 Å². The molecule has 0 aliphatic heterocycles. The van der Waals surface area contributed by atoms with Gasteiger partial charge in [-0.15, -0.1) is 0 Å². The Labute approximate surface area is 230 Å². The lowest BCUT2D eigenvalue weighted by Crippen LogP contribution is -2.53. The summed E-state index contributed by atoms with van der Waals surface area (Å²) in [5, 5.41) is 10.8. The lowest BCUT2D eigenvalue weighted by atomic mass is 9.46. The molecule has 4 aliphatic rings. The van der Waals surface area contributed by atoms with Crippen LogP contribution in [0.4, 0.5) is 0 Å². The second-order valence-corrected chi connectivity index (χ2v) is 13.7. The van der Waals surface area contributed by atoms with Crippen LogP contribution in [0, 0.1) is 39.9 Å². The second-order valence-electron chi connectivity index (χ2n) is 13.7. The highest BCUT2D eigenvalue weighted by Crippen LogP contribution is 2.66. The monoisotopic (exact) mass is 528 g/mol. The van der Waals surface area contributed by atoms with Crippen LogP contribution in [0.25, 0.3) is 0 Å². The van der Waals surface area contributed by atoms with Crippen LogP contribution in [0.5, 0.6) is 0 Å². The number of aliphatic hydroxyl groups is 1. The van der Waals surface area contributed by atoms with E-state index < -0.39 is 17.9 Å². The number of hydrogen-bond acceptors (Lipinski definition) is 5. The predicted molar refractivity (Wildman–Crippen MR) is 150 cm³/mol. The summed E-state index contributed by atoms with van der Waals surface area (Å²) in [4.78, 5) is 24.8. The summed E-state index contributed by atoms with van der Waals surface area (Å²) in [6.45, 7) is 16.0. The first kappa shape index (κ1) is 29.4. The molecule has 5 nitrogen and oxygen atoms in total. The summed E-state index contributed by atoms with van der Waals surface area (Å²) in [7, 11) is 0. The first-order chi connectivity index (χ1) is 17.9. The number of esters is 2. The highest BCUT2D eigenvalue weighted by molar-refractivity contribution is 5.94. The van der Waals surface area contributed by atoms with E-state index in [1.165, 1.54) is 19.3 Å². The van der Waals surface area contributed by atoms with Crippen LogP contribution < -0.4 is 0 Å². The van der Waals surface area contributed by atoms with Gasteiger partial charge < -0.3 is 14.6 Å². The normalized spacial score (nSPS) is 34.7. The summed E-state index contributed by atoms with van der Waals surface area (Å²) in [6.07, 6.45) is 12.5. The highest BCUT2D eigenvalue weighted by atomic mass is 16.6. The van der Waals surface area contributed by atoms with Gasteiger partial charge in [-0.3, -0.25) is 9.59 Å². The third-order valence-electron chi connectivity index (χ3n) is 11.4. The fraction of sp³-hybridized carbons (Fsp3) is 0.818. The summed E-state index contributed by atoms with van der Waals surface area (Å²) in [5.74, 6) is -0.0758. The maximum absolute atomic E-state index is 12.4. The summed E-state index contributed by atoms with van der Waals surface area (Å²) in [5.41, 5.74) is 5.36. The minimum atomic E-state index is -0.813. The Morgan fingerprint density at radius 3 is 2.26 bits per heavy atom. The minimum Gasteiger partial charge on any atom is -0.465 e. The molecule has 0 spiro atoms. The number of hydrogen-bond donors (Lipinski definition) is 1. The first-order valence-corrected chi connectivity index (χ1v) is 15.4. The SMILES string of the molecule is CCOC(=O)C(CCC[C@@H](C)[C@H]1CC=C2C3=C(CC[C@@]21C)[C@@]1(C)CC[C@H](O)C(C)(C)[C@@H]1CC3)C(=O)OCC. The van der Waals surface area contributed by atoms with Gasteiger partial charge in [-0.1, -0.05) is 59.1 Å². The molecule has 0 unspecified atom stereocenters. The molecule has 1 saturated carbocycles. The standard InChI is InChI=1S/C33H52O5/c1-8-37-29(35)23(30(36)38-9-2)12-10-11-21(3)24-14-15-25-22-13-16-27-31(4,5)28(34)18-20-33(27,7)26(22)17-19-32(24,25)6/h15,21,23-24,27-28,34H,8-14,16-20H2,1-7H3/t21-,24-,27+,28+,32-,33-/m1/s1. The zero-order valence-corrected chi connectivity index (χ0v) is 25.0. The molecule has 0 heterocycles. The third-order valence-corrected chi connectivity index (χ3v) is 11.4. The number of carbonyl (C=O) groups excluding carboxylic acids is 2. The number of aliphatic hydroxyl groups excluding tert-OH is 1. The number of rotatable bonds is 9. The molecule has 4 aliphatic carbocycles. The Balaban J connectivity index is 1.45. The molecule has 0 saturated heterocycles. The number of carbonyl (C=O) groups is 2. The van der Waals surface area contributed by atoms with Crippen LogP contribution in [0.15, 0.2) is 22.8 Å². The Bertz CT molecular complexity index is 958. The molecule has 4 rings (SSSR count). The molecule has 0 aromatic carbocycles. The predicted octanol–water partition coefficient (Wildman–Crippen LogP) is 7.18. The van der Waals surface area contributed by atoms with Gasteiger partial charge in [-0.25, -0.2) is 0 Å². The van der Waals surface area contributed by atoms with E-state index in [4.69, 9.17) is 9.47 Å². The van der Waals surface area contributed by atoms with Crippen molar-refractivity contribution in [2.75, 3.05) is 13.2 Å². The van der Waals surface area contributed by atoms with Gasteiger partial charge in [0.1, 0.15) is 0 Å². The van der Waals surface area contributed by atoms with E-state index in [0.29, 0.717) is 24.2 Å². The maximum atomic E-state index is 12.4. The van der Waals surface area contributed by atoms with Crippen molar-refractivity contribution in [3.8, 4) is 0 Å². The first-order valence-electron chi connectivity index (χ1n) is 15.4. The fourth-order valence-electron chi connectivity index (χ4n) is 9.24. The Morgan fingerprint density at radius 2 is 1.63 bits per heavy atom. The average Bonchev–Trinajstić information content (AvgIpc) is 3.22. The van der Waals surface area contributed by atoms with Gasteiger partial charge in [0.25, 0.3) is 0 Å². The van der Waals surface area contributed by atoms with E-state index >= 15 is 0 Å². The van der Waals surface area contributed by atoms with E-state index in [2.05, 4.69) is 40.7 Å². The Morgan fingerprint density at radius 1 is 0.974 bits per heavy atom. The quantitative estimate of drug-likeness (QED) is 0.254. The van der Waals surface area contributed by atoms with Crippen LogP contribution in [0.2, 0.25) is 0 Å². The molecule has 214 valence electrons. The summed E-state index contributed by atoms with van der Waals surface area (Å²) >= 11 is 0. The molecule has 0 radical (unpaired) electrons. The molecule has 1 fully saturated rings. The lowest BCUT2D eigenvalue weighted by molar-refractivity contribution is -0.162. The van der Waals surface area contributed by atoms with E-state index in [0.717, 1.165) is 38.5 Å². The van der Waals surface area contributed by atoms with Crippen molar-refractivity contribution >= 4 is 11.9 Å². The van der Waals surface area contributed by atoms with Gasteiger partial charge in [0.05, 0.1) is 19.3 Å². The van der Waals surface area contributed by atoms with Crippen molar-refractivity contribution in [1.29, 1.82) is 0 Å². The Hall–Kier alpha value is -1.62.